The number of nitrogens with zero attached hydrogens (tertiary/aromatic N) is 2. The van der Waals surface area contributed by atoms with Gasteiger partial charge >= 0.3 is 7.75 Å². The average molecular weight is 454 g/mol. The van der Waals surface area contributed by atoms with E-state index in [0.717, 1.165) is 16.0 Å². The van der Waals surface area contributed by atoms with Crippen LogP contribution in [0.2, 0.25) is 0 Å². The van der Waals surface area contributed by atoms with E-state index in [0.29, 0.717) is 16.6 Å². The molecule has 0 atom stereocenters. The molecule has 0 saturated carbocycles. The number of guanidine groups is 1. The topological polar surface area (TPSA) is 108 Å². The van der Waals surface area contributed by atoms with Crippen LogP contribution in [-0.4, -0.2) is 18.1 Å². The molecule has 3 N–H and O–H groups in total. The molecule has 0 amide bonds. The van der Waals surface area contributed by atoms with Crippen molar-refractivity contribution in [3.63, 3.8) is 0 Å². The van der Waals surface area contributed by atoms with Gasteiger partial charge in [0.15, 0.2) is 5.13 Å². The summed E-state index contributed by atoms with van der Waals surface area (Å²) in [6, 6.07) is 22.8. The minimum Gasteiger partial charge on any atom is -0.497 e. The lowest BCUT2D eigenvalue weighted by Crippen LogP contribution is -2.23. The maximum Gasteiger partial charge on any atom is 0.566 e. The Morgan fingerprint density at radius 2 is 1.58 bits per heavy atom. The van der Waals surface area contributed by atoms with E-state index >= 15 is 0 Å². The highest BCUT2D eigenvalue weighted by atomic mass is 32.1. The zero-order chi connectivity index (χ0) is 21.7. The van der Waals surface area contributed by atoms with Crippen LogP contribution in [0.1, 0.15) is 0 Å². The number of hydrogen-bond donors (Lipinski definition) is 2. The van der Waals surface area contributed by atoms with Crippen molar-refractivity contribution in [1.29, 1.82) is 0 Å². The van der Waals surface area contributed by atoms with Crippen molar-refractivity contribution in [1.82, 2.24) is 4.98 Å². The van der Waals surface area contributed by atoms with Crippen LogP contribution in [0.5, 0.6) is 17.2 Å². The van der Waals surface area contributed by atoms with Gasteiger partial charge in [0.2, 0.25) is 5.96 Å². The Bertz CT molecular complexity index is 1200. The number of ether oxygens (including phenoxy) is 1. The van der Waals surface area contributed by atoms with E-state index in [2.05, 4.69) is 15.1 Å². The molecule has 4 aromatic rings. The van der Waals surface area contributed by atoms with Gasteiger partial charge in [0, 0.05) is 0 Å². The summed E-state index contributed by atoms with van der Waals surface area (Å²) in [5.41, 5.74) is 6.79. The van der Waals surface area contributed by atoms with Crippen molar-refractivity contribution in [2.75, 3.05) is 12.4 Å². The van der Waals surface area contributed by atoms with Gasteiger partial charge < -0.3 is 24.8 Å². The Kier molecular flexibility index (Phi) is 6.06. The van der Waals surface area contributed by atoms with Crippen molar-refractivity contribution in [2.45, 2.75) is 0 Å². The van der Waals surface area contributed by atoms with Gasteiger partial charge in [0.1, 0.15) is 17.2 Å². The largest absolute Gasteiger partial charge is 0.566 e. The van der Waals surface area contributed by atoms with Crippen molar-refractivity contribution >= 4 is 40.4 Å². The standard InChI is InChI=1S/C21H19N4O4PS/c1-27-17-12-13-18-19(14-17)31-21(23-18)24-20(22)25-30(26,28-15-8-4-2-5-9-15)29-16-10-6-3-7-11-16/h2-14H,1H3,(H3,22,23,24,25,26). The van der Waals surface area contributed by atoms with Crippen LogP contribution in [0.25, 0.3) is 10.2 Å². The molecular formula is C21H19N4O4PS. The second-order valence-electron chi connectivity index (χ2n) is 6.24. The van der Waals surface area contributed by atoms with E-state index in [1.165, 1.54) is 11.3 Å². The van der Waals surface area contributed by atoms with Gasteiger partial charge in [0.05, 0.1) is 17.3 Å². The first-order valence-electron chi connectivity index (χ1n) is 9.20. The molecule has 1 aromatic heterocycles. The smallest absolute Gasteiger partial charge is 0.497 e. The Balaban J connectivity index is 1.60. The van der Waals surface area contributed by atoms with Crippen molar-refractivity contribution < 1.29 is 18.3 Å². The number of rotatable bonds is 7. The highest BCUT2D eigenvalue weighted by molar-refractivity contribution is 7.53. The number of thiazole rings is 1. The van der Waals surface area contributed by atoms with E-state index < -0.39 is 7.75 Å². The monoisotopic (exact) mass is 454 g/mol. The average Bonchev–Trinajstić information content (AvgIpc) is 3.15. The van der Waals surface area contributed by atoms with Gasteiger partial charge in [-0.1, -0.05) is 47.7 Å². The first-order valence-corrected chi connectivity index (χ1v) is 11.5. The highest BCUT2D eigenvalue weighted by Gasteiger charge is 2.29. The van der Waals surface area contributed by atoms with Crippen LogP contribution < -0.4 is 24.8 Å². The van der Waals surface area contributed by atoms with E-state index in [9.17, 15) is 4.57 Å². The fourth-order valence-electron chi connectivity index (χ4n) is 2.64. The van der Waals surface area contributed by atoms with Crippen LogP contribution in [-0.2, 0) is 4.57 Å². The lowest BCUT2D eigenvalue weighted by atomic mass is 10.3. The van der Waals surface area contributed by atoms with E-state index in [1.807, 2.05) is 30.3 Å². The third-order valence-electron chi connectivity index (χ3n) is 3.99. The van der Waals surface area contributed by atoms with Crippen LogP contribution in [0, 0.1) is 0 Å². The second kappa shape index (κ2) is 9.07. The summed E-state index contributed by atoms with van der Waals surface area (Å²) in [5, 5.41) is 3.34. The number of anilines is 1. The first kappa shape index (κ1) is 20.7. The van der Waals surface area contributed by atoms with Gasteiger partial charge in [-0.2, -0.15) is 0 Å². The summed E-state index contributed by atoms with van der Waals surface area (Å²) in [4.78, 5) is 4.45. The quantitative estimate of drug-likeness (QED) is 0.222. The molecule has 0 aliphatic heterocycles. The van der Waals surface area contributed by atoms with Gasteiger partial charge in [-0.25, -0.2) is 9.55 Å². The minimum absolute atomic E-state index is 0.152. The molecule has 0 unspecified atom stereocenters. The van der Waals surface area contributed by atoms with E-state index in [4.69, 9.17) is 19.5 Å². The summed E-state index contributed by atoms with van der Waals surface area (Å²) < 4.78 is 34.8. The summed E-state index contributed by atoms with van der Waals surface area (Å²) >= 11 is 1.35. The first-order chi connectivity index (χ1) is 15.0. The number of methoxy groups -OCH3 is 1. The van der Waals surface area contributed by atoms with E-state index in [-0.39, 0.29) is 5.96 Å². The fraction of sp³-hybridized carbons (Fsp3) is 0.0476. The number of benzene rings is 3. The molecule has 158 valence electrons. The molecule has 0 bridgehead atoms. The SMILES string of the molecule is COc1ccc2nc(N/C(N)=N/P(=O)(Oc3ccccc3)Oc3ccccc3)sc2c1. The van der Waals surface area contributed by atoms with Crippen molar-refractivity contribution in [2.24, 2.45) is 10.5 Å². The molecule has 0 aliphatic rings. The Labute approximate surface area is 182 Å². The lowest BCUT2D eigenvalue weighted by Gasteiger charge is -2.16. The highest BCUT2D eigenvalue weighted by Crippen LogP contribution is 2.50. The maximum atomic E-state index is 13.4. The number of nitrogens with two attached hydrogens (primary N) is 1. The predicted octanol–water partition coefficient (Wildman–Crippen LogP) is 5.30. The fourth-order valence-corrected chi connectivity index (χ4v) is 4.75. The molecule has 3 aromatic carbocycles. The molecule has 0 radical (unpaired) electrons. The normalized spacial score (nSPS) is 11.8. The predicted molar refractivity (Wildman–Crippen MR) is 123 cm³/mol. The zero-order valence-corrected chi connectivity index (χ0v) is 18.2. The summed E-state index contributed by atoms with van der Waals surface area (Å²) in [5.74, 6) is 1.25. The zero-order valence-electron chi connectivity index (χ0n) is 16.5. The molecule has 0 fully saturated rings. The molecule has 1 heterocycles. The van der Waals surface area contributed by atoms with E-state index in [1.54, 1.807) is 55.6 Å². The van der Waals surface area contributed by atoms with Gasteiger partial charge in [-0.15, -0.1) is 4.76 Å². The van der Waals surface area contributed by atoms with Crippen LogP contribution in [0.3, 0.4) is 0 Å². The molecule has 0 spiro atoms. The van der Waals surface area contributed by atoms with Crippen LogP contribution in [0.15, 0.2) is 83.6 Å². The summed E-state index contributed by atoms with van der Waals surface area (Å²) in [7, 11) is -2.45. The molecule has 0 aliphatic carbocycles. The molecular weight excluding hydrogens is 435 g/mol. The van der Waals surface area contributed by atoms with Gasteiger partial charge in [0.25, 0.3) is 0 Å². The number of aromatic nitrogens is 1. The van der Waals surface area contributed by atoms with Crippen LogP contribution in [0.4, 0.5) is 5.13 Å². The third kappa shape index (κ3) is 5.33. The number of fused-ring (bicyclic) bond motifs is 1. The Hall–Kier alpha value is -3.55. The van der Waals surface area contributed by atoms with Crippen LogP contribution >= 0.6 is 19.1 Å². The second-order valence-corrected chi connectivity index (χ2v) is 8.77. The van der Waals surface area contributed by atoms with Gasteiger partial charge in [-0.05, 0) is 42.5 Å². The molecule has 10 heteroatoms. The number of hydrogen-bond acceptors (Lipinski definition) is 6. The van der Waals surface area contributed by atoms with Crippen molar-refractivity contribution in [3.05, 3.63) is 78.9 Å². The summed E-state index contributed by atoms with van der Waals surface area (Å²) in [6.07, 6.45) is 0. The minimum atomic E-state index is -4.05. The number of nitrogens with one attached hydrogen (secondary N) is 1. The molecule has 0 saturated heterocycles. The van der Waals surface area contributed by atoms with Gasteiger partial charge in [-0.3, -0.25) is 0 Å². The molecule has 8 nitrogen and oxygen atoms in total. The number of para-hydroxylation sites is 2. The molecule has 4 rings (SSSR count). The molecule has 31 heavy (non-hydrogen) atoms. The maximum absolute atomic E-state index is 13.4. The summed E-state index contributed by atoms with van der Waals surface area (Å²) in [6.45, 7) is 0. The third-order valence-corrected chi connectivity index (χ3v) is 6.27. The van der Waals surface area contributed by atoms with Crippen molar-refractivity contribution in [3.8, 4) is 17.2 Å². The lowest BCUT2D eigenvalue weighted by molar-refractivity contribution is 0.388. The Morgan fingerprint density at radius 1 is 0.968 bits per heavy atom. The Morgan fingerprint density at radius 3 is 2.16 bits per heavy atom.